The second-order valence-corrected chi connectivity index (χ2v) is 8.77. The standard InChI is InChI=1S/C24H20N4O8/c1-35-19-9-14(11-25-26-23(29)20-15-4-5-16(10-15)21(20)24(26)30)8-18(28(33)34)22(19)36-12-13-2-6-17(7-3-13)27(31)32/h2-9,11,15-16,20-21H,10,12H2,1H3. The van der Waals surface area contributed by atoms with Crippen LogP contribution in [-0.4, -0.2) is 40.0 Å². The number of ether oxygens (including phenoxy) is 2. The van der Waals surface area contributed by atoms with Crippen LogP contribution >= 0.6 is 0 Å². The molecule has 2 fully saturated rings. The first-order valence-electron chi connectivity index (χ1n) is 11.1. The van der Waals surface area contributed by atoms with E-state index in [1.54, 1.807) is 0 Å². The molecule has 12 heteroatoms. The third-order valence-electron chi connectivity index (χ3n) is 6.77. The van der Waals surface area contributed by atoms with Crippen LogP contribution in [0.25, 0.3) is 0 Å². The minimum atomic E-state index is -0.648. The summed E-state index contributed by atoms with van der Waals surface area (Å²) < 4.78 is 10.9. The van der Waals surface area contributed by atoms with Crippen molar-refractivity contribution < 1.29 is 28.9 Å². The zero-order valence-corrected chi connectivity index (χ0v) is 19.0. The zero-order chi connectivity index (χ0) is 25.6. The van der Waals surface area contributed by atoms with E-state index in [0.717, 1.165) is 11.4 Å². The quantitative estimate of drug-likeness (QED) is 0.179. The molecular weight excluding hydrogens is 472 g/mol. The first kappa shape index (κ1) is 23.1. The van der Waals surface area contributed by atoms with Gasteiger partial charge in [0.2, 0.25) is 5.75 Å². The van der Waals surface area contributed by atoms with Crippen LogP contribution in [0.2, 0.25) is 0 Å². The minimum absolute atomic E-state index is 0.0463. The normalized spacial score (nSPS) is 24.0. The molecular formula is C24H20N4O8. The maximum Gasteiger partial charge on any atom is 0.315 e. The van der Waals surface area contributed by atoms with E-state index < -0.39 is 27.4 Å². The highest BCUT2D eigenvalue weighted by atomic mass is 16.6. The summed E-state index contributed by atoms with van der Waals surface area (Å²) in [5, 5.41) is 27.5. The Bertz CT molecular complexity index is 1310. The molecule has 4 atom stereocenters. The molecule has 2 aromatic rings. The molecule has 1 saturated carbocycles. The number of non-ortho nitro benzene ring substituents is 1. The lowest BCUT2D eigenvalue weighted by Crippen LogP contribution is -2.28. The van der Waals surface area contributed by atoms with Crippen LogP contribution in [0.5, 0.6) is 11.5 Å². The van der Waals surface area contributed by atoms with E-state index in [2.05, 4.69) is 5.10 Å². The average molecular weight is 492 g/mol. The number of amides is 2. The van der Waals surface area contributed by atoms with Gasteiger partial charge in [-0.3, -0.25) is 29.8 Å². The van der Waals surface area contributed by atoms with Crippen molar-refractivity contribution in [3.63, 3.8) is 0 Å². The molecule has 1 aliphatic heterocycles. The van der Waals surface area contributed by atoms with Gasteiger partial charge in [-0.15, -0.1) is 0 Å². The second-order valence-electron chi connectivity index (χ2n) is 8.77. The van der Waals surface area contributed by atoms with Gasteiger partial charge >= 0.3 is 5.69 Å². The first-order valence-corrected chi connectivity index (χ1v) is 11.1. The molecule has 0 radical (unpaired) electrons. The number of hydrogen-bond donors (Lipinski definition) is 0. The highest BCUT2D eigenvalue weighted by Gasteiger charge is 2.59. The number of carbonyl (C=O) groups excluding carboxylic acids is 2. The lowest BCUT2D eigenvalue weighted by molar-refractivity contribution is -0.386. The molecule has 4 unspecified atom stereocenters. The molecule has 12 nitrogen and oxygen atoms in total. The smallest absolute Gasteiger partial charge is 0.315 e. The van der Waals surface area contributed by atoms with Gasteiger partial charge in [0.25, 0.3) is 17.5 Å². The number of methoxy groups -OCH3 is 1. The number of fused-ring (bicyclic) bond motifs is 5. The number of allylic oxidation sites excluding steroid dienone is 2. The molecule has 3 aliphatic rings. The fraction of sp³-hybridized carbons (Fsp3) is 0.292. The highest BCUT2D eigenvalue weighted by Crippen LogP contribution is 2.52. The van der Waals surface area contributed by atoms with Gasteiger partial charge in [0.05, 0.1) is 35.0 Å². The lowest BCUT2D eigenvalue weighted by Gasteiger charge is -2.13. The lowest BCUT2D eigenvalue weighted by atomic mass is 9.85. The molecule has 1 heterocycles. The fourth-order valence-electron chi connectivity index (χ4n) is 5.11. The van der Waals surface area contributed by atoms with Crippen molar-refractivity contribution in [2.24, 2.45) is 28.8 Å². The summed E-state index contributed by atoms with van der Waals surface area (Å²) >= 11 is 0. The predicted octanol–water partition coefficient (Wildman–Crippen LogP) is 3.23. The Morgan fingerprint density at radius 3 is 2.22 bits per heavy atom. The van der Waals surface area contributed by atoms with E-state index in [1.807, 2.05) is 12.2 Å². The fourth-order valence-corrected chi connectivity index (χ4v) is 5.11. The Kier molecular flexibility index (Phi) is 5.71. The van der Waals surface area contributed by atoms with Crippen LogP contribution in [0, 0.1) is 43.9 Å². The Morgan fingerprint density at radius 2 is 1.67 bits per heavy atom. The van der Waals surface area contributed by atoms with Gasteiger partial charge in [0.1, 0.15) is 6.61 Å². The number of benzene rings is 2. The number of hydrazone groups is 1. The number of nitro groups is 2. The summed E-state index contributed by atoms with van der Waals surface area (Å²) in [6.45, 7) is -0.0987. The summed E-state index contributed by atoms with van der Waals surface area (Å²) in [4.78, 5) is 47.0. The Labute approximate surface area is 204 Å². The van der Waals surface area contributed by atoms with Crippen molar-refractivity contribution in [2.75, 3.05) is 7.11 Å². The van der Waals surface area contributed by atoms with Crippen molar-refractivity contribution >= 4 is 29.4 Å². The van der Waals surface area contributed by atoms with Gasteiger partial charge in [-0.1, -0.05) is 12.2 Å². The number of nitro benzene ring substituents is 2. The van der Waals surface area contributed by atoms with Gasteiger partial charge in [-0.05, 0) is 42.0 Å². The van der Waals surface area contributed by atoms with Crippen LogP contribution in [-0.2, 0) is 16.2 Å². The van der Waals surface area contributed by atoms with E-state index >= 15 is 0 Å². The summed E-state index contributed by atoms with van der Waals surface area (Å²) in [5.41, 5.74) is 0.298. The third kappa shape index (κ3) is 3.85. The van der Waals surface area contributed by atoms with Gasteiger partial charge in [-0.2, -0.15) is 10.1 Å². The monoisotopic (exact) mass is 492 g/mol. The van der Waals surface area contributed by atoms with Crippen LogP contribution in [0.3, 0.4) is 0 Å². The molecule has 1 saturated heterocycles. The van der Waals surface area contributed by atoms with Crippen LogP contribution in [0.1, 0.15) is 17.5 Å². The van der Waals surface area contributed by atoms with Crippen molar-refractivity contribution in [2.45, 2.75) is 13.0 Å². The Hall–Kier alpha value is -4.61. The van der Waals surface area contributed by atoms with Crippen molar-refractivity contribution in [1.82, 2.24) is 5.01 Å². The molecule has 2 bridgehead atoms. The number of carbonyl (C=O) groups is 2. The van der Waals surface area contributed by atoms with E-state index in [9.17, 15) is 29.8 Å². The molecule has 184 valence electrons. The second kappa shape index (κ2) is 8.87. The number of hydrogen-bond acceptors (Lipinski definition) is 9. The average Bonchev–Trinajstić information content (AvgIpc) is 3.55. The van der Waals surface area contributed by atoms with Gasteiger partial charge in [0.15, 0.2) is 5.75 Å². The topological polar surface area (TPSA) is 154 Å². The Balaban J connectivity index is 1.37. The van der Waals surface area contributed by atoms with Crippen molar-refractivity contribution in [3.8, 4) is 11.5 Å². The number of rotatable bonds is 8. The maximum atomic E-state index is 12.8. The SMILES string of the molecule is COc1cc(C=NN2C(=O)C3C4C=CC(C4)C3C2=O)cc([N+](=O)[O-])c1OCc1ccc([N+](=O)[O-])cc1. The molecule has 2 amide bonds. The van der Waals surface area contributed by atoms with Gasteiger partial charge in [0, 0.05) is 23.8 Å². The summed E-state index contributed by atoms with van der Waals surface area (Å²) in [6, 6.07) is 8.23. The van der Waals surface area contributed by atoms with Crippen molar-refractivity contribution in [1.29, 1.82) is 0 Å². The van der Waals surface area contributed by atoms with Crippen LogP contribution in [0.15, 0.2) is 53.7 Å². The van der Waals surface area contributed by atoms with E-state index in [1.165, 1.54) is 49.7 Å². The summed E-state index contributed by atoms with van der Waals surface area (Å²) in [6.07, 6.45) is 5.97. The Morgan fingerprint density at radius 1 is 1.03 bits per heavy atom. The minimum Gasteiger partial charge on any atom is -0.493 e. The molecule has 0 spiro atoms. The van der Waals surface area contributed by atoms with Gasteiger partial charge < -0.3 is 9.47 Å². The van der Waals surface area contributed by atoms with E-state index in [0.29, 0.717) is 5.56 Å². The van der Waals surface area contributed by atoms with Gasteiger partial charge in [-0.25, -0.2) is 0 Å². The molecule has 2 aliphatic carbocycles. The van der Waals surface area contributed by atoms with E-state index in [4.69, 9.17) is 9.47 Å². The highest BCUT2D eigenvalue weighted by molar-refractivity contribution is 6.06. The molecule has 2 aromatic carbocycles. The predicted molar refractivity (Wildman–Crippen MR) is 124 cm³/mol. The van der Waals surface area contributed by atoms with E-state index in [-0.39, 0.29) is 53.0 Å². The van der Waals surface area contributed by atoms with Crippen LogP contribution < -0.4 is 9.47 Å². The molecule has 36 heavy (non-hydrogen) atoms. The maximum absolute atomic E-state index is 12.8. The van der Waals surface area contributed by atoms with Crippen LogP contribution in [0.4, 0.5) is 11.4 Å². The third-order valence-corrected chi connectivity index (χ3v) is 6.77. The number of nitrogens with zero attached hydrogens (tertiary/aromatic N) is 4. The summed E-state index contributed by atoms with van der Waals surface area (Å²) in [7, 11) is 1.32. The molecule has 0 N–H and O–H groups in total. The zero-order valence-electron chi connectivity index (χ0n) is 19.0. The number of imide groups is 1. The first-order chi connectivity index (χ1) is 17.3. The largest absolute Gasteiger partial charge is 0.493 e. The summed E-state index contributed by atoms with van der Waals surface area (Å²) in [5.74, 6) is -1.51. The molecule has 5 rings (SSSR count). The molecule has 0 aromatic heterocycles. The van der Waals surface area contributed by atoms with Crippen molar-refractivity contribution in [3.05, 3.63) is 79.9 Å².